The first-order valence-electron chi connectivity index (χ1n) is 2.71. The molecule has 0 saturated carbocycles. The van der Waals surface area contributed by atoms with Gasteiger partial charge in [-0.05, 0) is 0 Å². The normalized spacial score (nSPS) is 34.0. The molecule has 1 aliphatic heterocycles. The first-order chi connectivity index (χ1) is 4.18. The lowest BCUT2D eigenvalue weighted by Crippen LogP contribution is -2.59. The Morgan fingerprint density at radius 3 is 2.67 bits per heavy atom. The van der Waals surface area contributed by atoms with Gasteiger partial charge in [0.2, 0.25) is 5.91 Å². The van der Waals surface area contributed by atoms with Crippen molar-refractivity contribution in [3.05, 3.63) is 12.7 Å². The summed E-state index contributed by atoms with van der Waals surface area (Å²) in [6.45, 7) is 3.54. The Morgan fingerprint density at radius 2 is 2.44 bits per heavy atom. The molecule has 1 fully saturated rings. The molecule has 0 bridgehead atoms. The molecular weight excluding hydrogens is 138 g/mol. The van der Waals surface area contributed by atoms with Gasteiger partial charge in [-0.3, -0.25) is 4.79 Å². The topological polar surface area (TPSA) is 20.3 Å². The van der Waals surface area contributed by atoms with Crippen LogP contribution >= 0.6 is 11.6 Å². The van der Waals surface area contributed by atoms with E-state index < -0.39 is 0 Å². The highest BCUT2D eigenvalue weighted by Crippen LogP contribution is 2.23. The molecule has 50 valence electrons. The molecule has 1 aliphatic rings. The monoisotopic (exact) mass is 145 g/mol. The Morgan fingerprint density at radius 1 is 1.89 bits per heavy atom. The fourth-order valence-electron chi connectivity index (χ4n) is 0.879. The molecule has 0 aromatic heterocycles. The highest BCUT2D eigenvalue weighted by atomic mass is 35.5. The second-order valence-electron chi connectivity index (χ2n) is 2.08. The molecule has 1 saturated heterocycles. The van der Waals surface area contributed by atoms with Crippen LogP contribution in [0.5, 0.6) is 0 Å². The van der Waals surface area contributed by atoms with Crippen LogP contribution in [0.3, 0.4) is 0 Å². The predicted octanol–water partition coefficient (Wildman–Crippen LogP) is 0.620. The second kappa shape index (κ2) is 2.03. The summed E-state index contributed by atoms with van der Waals surface area (Å²) >= 11 is 5.60. The lowest BCUT2D eigenvalue weighted by atomic mass is 10.0. The number of carbonyl (C=O) groups is 1. The van der Waals surface area contributed by atoms with Gasteiger partial charge in [-0.25, -0.2) is 0 Å². The summed E-state index contributed by atoms with van der Waals surface area (Å²) < 4.78 is 0. The number of β-lactam (4-membered cyclic amide) rings is 1. The van der Waals surface area contributed by atoms with E-state index in [1.807, 2.05) is 0 Å². The van der Waals surface area contributed by atoms with Gasteiger partial charge in [-0.2, -0.15) is 0 Å². The third-order valence-electron chi connectivity index (χ3n) is 1.57. The lowest BCUT2D eigenvalue weighted by Gasteiger charge is -2.39. The SMILES string of the molecule is C=C[C@H]1[C@H](Cl)C(=O)N1C. The van der Waals surface area contributed by atoms with Gasteiger partial charge in [-0.15, -0.1) is 18.2 Å². The third-order valence-corrected chi connectivity index (χ3v) is 2.02. The van der Waals surface area contributed by atoms with E-state index in [2.05, 4.69) is 6.58 Å². The Labute approximate surface area is 59.1 Å². The predicted molar refractivity (Wildman–Crippen MR) is 36.4 cm³/mol. The fourth-order valence-corrected chi connectivity index (χ4v) is 1.31. The van der Waals surface area contributed by atoms with Crippen molar-refractivity contribution in [2.75, 3.05) is 7.05 Å². The molecule has 2 nitrogen and oxygen atoms in total. The summed E-state index contributed by atoms with van der Waals surface area (Å²) in [4.78, 5) is 12.3. The zero-order valence-corrected chi connectivity index (χ0v) is 5.93. The minimum Gasteiger partial charge on any atom is -0.336 e. The summed E-state index contributed by atoms with van der Waals surface area (Å²) in [6.07, 6.45) is 1.68. The van der Waals surface area contributed by atoms with Gasteiger partial charge in [0.15, 0.2) is 0 Å². The highest BCUT2D eigenvalue weighted by molar-refractivity contribution is 6.33. The zero-order valence-electron chi connectivity index (χ0n) is 5.17. The van der Waals surface area contributed by atoms with Crippen LogP contribution in [0, 0.1) is 0 Å². The molecule has 2 atom stereocenters. The number of hydrogen-bond donors (Lipinski definition) is 0. The van der Waals surface area contributed by atoms with Gasteiger partial charge in [-0.1, -0.05) is 6.08 Å². The number of hydrogen-bond acceptors (Lipinski definition) is 1. The van der Waals surface area contributed by atoms with Crippen LogP contribution in [-0.2, 0) is 4.79 Å². The molecule has 9 heavy (non-hydrogen) atoms. The quantitative estimate of drug-likeness (QED) is 0.301. The zero-order chi connectivity index (χ0) is 7.02. The molecule has 0 aromatic rings. The average molecular weight is 146 g/mol. The molecule has 0 aromatic carbocycles. The van der Waals surface area contributed by atoms with Crippen molar-refractivity contribution in [3.63, 3.8) is 0 Å². The highest BCUT2D eigenvalue weighted by Gasteiger charge is 2.41. The minimum absolute atomic E-state index is 0.0124. The van der Waals surface area contributed by atoms with E-state index in [4.69, 9.17) is 11.6 Å². The summed E-state index contributed by atoms with van der Waals surface area (Å²) in [5.74, 6) is -0.0124. The maximum atomic E-state index is 10.7. The third kappa shape index (κ3) is 0.741. The van der Waals surface area contributed by atoms with Crippen molar-refractivity contribution < 1.29 is 4.79 Å². The first-order valence-corrected chi connectivity index (χ1v) is 3.15. The standard InChI is InChI=1S/C6H8ClNO/c1-3-4-5(7)6(9)8(4)2/h3-5H,1H2,2H3/t4-,5-/m0/s1. The van der Waals surface area contributed by atoms with E-state index in [1.54, 1.807) is 18.0 Å². The molecule has 0 spiro atoms. The number of likely N-dealkylation sites (N-methyl/N-ethyl adjacent to an activating group) is 1. The molecule has 0 radical (unpaired) electrons. The maximum absolute atomic E-state index is 10.7. The average Bonchev–Trinajstić information content (AvgIpc) is 1.89. The van der Waals surface area contributed by atoms with Crippen LogP contribution in [0.4, 0.5) is 0 Å². The lowest BCUT2D eigenvalue weighted by molar-refractivity contribution is -0.140. The number of carbonyl (C=O) groups excluding carboxylic acids is 1. The largest absolute Gasteiger partial charge is 0.336 e. The molecule has 0 aliphatic carbocycles. The summed E-state index contributed by atoms with van der Waals surface area (Å²) in [5.41, 5.74) is 0. The number of halogens is 1. The van der Waals surface area contributed by atoms with Crippen LogP contribution < -0.4 is 0 Å². The van der Waals surface area contributed by atoms with Gasteiger partial charge in [0.25, 0.3) is 0 Å². The number of amides is 1. The van der Waals surface area contributed by atoms with Crippen LogP contribution in [0.1, 0.15) is 0 Å². The molecule has 0 N–H and O–H groups in total. The summed E-state index contributed by atoms with van der Waals surface area (Å²) in [7, 11) is 1.72. The summed E-state index contributed by atoms with van der Waals surface area (Å²) in [6, 6.07) is 0.0409. The van der Waals surface area contributed by atoms with Gasteiger partial charge in [0.1, 0.15) is 5.38 Å². The Balaban J connectivity index is 2.61. The van der Waals surface area contributed by atoms with Crippen LogP contribution in [0.2, 0.25) is 0 Å². The van der Waals surface area contributed by atoms with Gasteiger partial charge < -0.3 is 4.90 Å². The van der Waals surface area contributed by atoms with E-state index in [0.717, 1.165) is 0 Å². The number of rotatable bonds is 1. The molecular formula is C6H8ClNO. The van der Waals surface area contributed by atoms with E-state index in [1.165, 1.54) is 0 Å². The molecule has 1 heterocycles. The molecule has 3 heteroatoms. The van der Waals surface area contributed by atoms with E-state index in [-0.39, 0.29) is 17.3 Å². The van der Waals surface area contributed by atoms with Crippen molar-refractivity contribution in [2.24, 2.45) is 0 Å². The van der Waals surface area contributed by atoms with Crippen molar-refractivity contribution in [1.82, 2.24) is 4.90 Å². The van der Waals surface area contributed by atoms with E-state index >= 15 is 0 Å². The Bertz CT molecular complexity index is 145. The second-order valence-corrected chi connectivity index (χ2v) is 2.55. The summed E-state index contributed by atoms with van der Waals surface area (Å²) in [5, 5.41) is -0.368. The maximum Gasteiger partial charge on any atom is 0.243 e. The van der Waals surface area contributed by atoms with Crippen LogP contribution in [0.15, 0.2) is 12.7 Å². The van der Waals surface area contributed by atoms with Crippen LogP contribution in [0.25, 0.3) is 0 Å². The van der Waals surface area contributed by atoms with Crippen molar-refractivity contribution >= 4 is 17.5 Å². The molecule has 1 amide bonds. The Kier molecular flexibility index (Phi) is 1.49. The smallest absolute Gasteiger partial charge is 0.243 e. The van der Waals surface area contributed by atoms with Crippen molar-refractivity contribution in [2.45, 2.75) is 11.4 Å². The molecule has 0 unspecified atom stereocenters. The molecule has 1 rings (SSSR count). The van der Waals surface area contributed by atoms with E-state index in [0.29, 0.717) is 0 Å². The van der Waals surface area contributed by atoms with Crippen molar-refractivity contribution in [3.8, 4) is 0 Å². The first kappa shape index (κ1) is 6.62. The van der Waals surface area contributed by atoms with Gasteiger partial charge in [0, 0.05) is 7.05 Å². The number of nitrogens with zero attached hydrogens (tertiary/aromatic N) is 1. The fraction of sp³-hybridized carbons (Fsp3) is 0.500. The Hall–Kier alpha value is -0.500. The number of likely N-dealkylation sites (tertiary alicyclic amines) is 1. The minimum atomic E-state index is -0.368. The number of alkyl halides is 1. The van der Waals surface area contributed by atoms with Crippen molar-refractivity contribution in [1.29, 1.82) is 0 Å². The van der Waals surface area contributed by atoms with Crippen LogP contribution in [-0.4, -0.2) is 29.3 Å². The van der Waals surface area contributed by atoms with Gasteiger partial charge in [0.05, 0.1) is 6.04 Å². The van der Waals surface area contributed by atoms with Gasteiger partial charge >= 0.3 is 0 Å². The van der Waals surface area contributed by atoms with E-state index in [9.17, 15) is 4.79 Å².